The van der Waals surface area contributed by atoms with Crippen LogP contribution >= 0.6 is 0 Å². The lowest BCUT2D eigenvalue weighted by atomic mass is 10.1. The molecule has 2 rings (SSSR count). The van der Waals surface area contributed by atoms with E-state index in [-0.39, 0.29) is 34.3 Å². The first-order valence-corrected chi connectivity index (χ1v) is 11.2. The molecule has 2 amide bonds. The van der Waals surface area contributed by atoms with Gasteiger partial charge >= 0.3 is 10.1 Å². The fourth-order valence-corrected chi connectivity index (χ4v) is 3.89. The highest BCUT2D eigenvalue weighted by Gasteiger charge is 2.21. The largest absolute Gasteiger partial charge is 0.493 e. The Hall–Kier alpha value is -3.07. The van der Waals surface area contributed by atoms with E-state index in [1.165, 1.54) is 45.2 Å². The molecule has 0 heterocycles. The zero-order valence-electron chi connectivity index (χ0n) is 18.3. The average molecular weight is 449 g/mol. The van der Waals surface area contributed by atoms with Crippen LogP contribution in [0, 0.1) is 0 Å². The molecule has 1 N–H and O–H groups in total. The van der Waals surface area contributed by atoms with Crippen LogP contribution in [0.3, 0.4) is 0 Å². The molecule has 31 heavy (non-hydrogen) atoms. The molecule has 0 aliphatic rings. The number of nitrogens with zero attached hydrogens (tertiary/aromatic N) is 1. The van der Waals surface area contributed by atoms with Crippen molar-refractivity contribution in [2.75, 3.05) is 12.4 Å². The number of hydrogen-bond donors (Lipinski definition) is 1. The Balaban J connectivity index is 2.31. The van der Waals surface area contributed by atoms with Gasteiger partial charge in [0.1, 0.15) is 4.90 Å². The van der Waals surface area contributed by atoms with Crippen LogP contribution in [0.15, 0.2) is 47.4 Å². The predicted molar refractivity (Wildman–Crippen MR) is 118 cm³/mol. The Morgan fingerprint density at radius 1 is 1.06 bits per heavy atom. The molecule has 0 saturated heterocycles. The van der Waals surface area contributed by atoms with Gasteiger partial charge in [0, 0.05) is 32.1 Å². The molecule has 168 valence electrons. The number of rotatable bonds is 9. The number of methoxy groups -OCH3 is 1. The summed E-state index contributed by atoms with van der Waals surface area (Å²) in [7, 11) is -2.73. The van der Waals surface area contributed by atoms with Crippen molar-refractivity contribution < 1.29 is 26.9 Å². The summed E-state index contributed by atoms with van der Waals surface area (Å²) in [4.78, 5) is 24.8. The van der Waals surface area contributed by atoms with E-state index in [2.05, 4.69) is 5.32 Å². The first-order chi connectivity index (χ1) is 14.6. The fraction of sp³-hybridized carbons (Fsp3) is 0.364. The maximum absolute atomic E-state index is 12.8. The van der Waals surface area contributed by atoms with Gasteiger partial charge in [-0.05, 0) is 55.3 Å². The second-order valence-corrected chi connectivity index (χ2v) is 8.68. The van der Waals surface area contributed by atoms with Crippen LogP contribution in [-0.2, 0) is 26.3 Å². The molecular formula is C22H28N2O6S. The highest BCUT2D eigenvalue weighted by Crippen LogP contribution is 2.32. The Kier molecular flexibility index (Phi) is 8.04. The van der Waals surface area contributed by atoms with Crippen LogP contribution in [0.2, 0.25) is 0 Å². The van der Waals surface area contributed by atoms with Gasteiger partial charge in [-0.2, -0.15) is 8.42 Å². The lowest BCUT2D eigenvalue weighted by Gasteiger charge is -2.27. The van der Waals surface area contributed by atoms with Gasteiger partial charge < -0.3 is 19.1 Å². The topological polar surface area (TPSA) is 102 Å². The molecule has 0 aliphatic carbocycles. The third-order valence-corrected chi connectivity index (χ3v) is 6.02. The zero-order chi connectivity index (χ0) is 23.2. The Morgan fingerprint density at radius 3 is 2.23 bits per heavy atom. The Labute approximate surface area is 183 Å². The van der Waals surface area contributed by atoms with Gasteiger partial charge in [-0.25, -0.2) is 0 Å². The van der Waals surface area contributed by atoms with Gasteiger partial charge in [0.2, 0.25) is 11.8 Å². The van der Waals surface area contributed by atoms with Crippen LogP contribution in [0.1, 0.15) is 39.7 Å². The molecule has 2 aromatic rings. The second-order valence-electron chi connectivity index (χ2n) is 7.13. The van der Waals surface area contributed by atoms with Crippen molar-refractivity contribution in [2.24, 2.45) is 0 Å². The van der Waals surface area contributed by atoms with Gasteiger partial charge in [0.25, 0.3) is 0 Å². The van der Waals surface area contributed by atoms with Crippen molar-refractivity contribution in [3.63, 3.8) is 0 Å². The first kappa shape index (κ1) is 24.2. The molecule has 0 fully saturated rings. The van der Waals surface area contributed by atoms with E-state index in [1.807, 2.05) is 13.8 Å². The third-order valence-electron chi connectivity index (χ3n) is 4.77. The monoisotopic (exact) mass is 448 g/mol. The first-order valence-electron chi connectivity index (χ1n) is 9.83. The van der Waals surface area contributed by atoms with E-state index in [1.54, 1.807) is 23.1 Å². The van der Waals surface area contributed by atoms with Crippen molar-refractivity contribution in [2.45, 2.75) is 51.6 Å². The van der Waals surface area contributed by atoms with Gasteiger partial charge in [-0.15, -0.1) is 0 Å². The van der Waals surface area contributed by atoms with E-state index < -0.39 is 10.1 Å². The van der Waals surface area contributed by atoms with Gasteiger partial charge in [-0.1, -0.05) is 13.0 Å². The molecule has 9 heteroatoms. The summed E-state index contributed by atoms with van der Waals surface area (Å²) >= 11 is 0. The number of anilines is 1. The SMILES string of the molecule is CC[C@H](C)N(Cc1ccc(OC)c(OS(=O)(=O)c2ccc(NC(C)=O)cc2)c1)C(C)=O. The quantitative estimate of drug-likeness (QED) is 0.589. The van der Waals surface area contributed by atoms with Crippen LogP contribution in [0.4, 0.5) is 5.69 Å². The second kappa shape index (κ2) is 10.3. The molecule has 0 aromatic heterocycles. The molecule has 0 spiro atoms. The number of amides is 2. The lowest BCUT2D eigenvalue weighted by molar-refractivity contribution is -0.131. The minimum atomic E-state index is -4.15. The van der Waals surface area contributed by atoms with Crippen LogP contribution in [0.25, 0.3) is 0 Å². The maximum atomic E-state index is 12.8. The molecule has 2 aromatic carbocycles. The van der Waals surface area contributed by atoms with Crippen molar-refractivity contribution in [3.05, 3.63) is 48.0 Å². The number of carbonyl (C=O) groups excluding carboxylic acids is 2. The average Bonchev–Trinajstić information content (AvgIpc) is 2.71. The summed E-state index contributed by atoms with van der Waals surface area (Å²) in [6.45, 7) is 7.13. The number of hydrogen-bond acceptors (Lipinski definition) is 6. The summed E-state index contributed by atoms with van der Waals surface area (Å²) in [5.74, 6) is -0.0522. The van der Waals surface area contributed by atoms with Gasteiger partial charge in [-0.3, -0.25) is 9.59 Å². The van der Waals surface area contributed by atoms with Crippen molar-refractivity contribution in [3.8, 4) is 11.5 Å². The van der Waals surface area contributed by atoms with E-state index in [0.717, 1.165) is 6.42 Å². The third kappa shape index (κ3) is 6.45. The fourth-order valence-electron chi connectivity index (χ4n) is 2.95. The summed E-state index contributed by atoms with van der Waals surface area (Å²) in [5.41, 5.74) is 1.18. The smallest absolute Gasteiger partial charge is 0.339 e. The summed E-state index contributed by atoms with van der Waals surface area (Å²) < 4.78 is 36.1. The lowest BCUT2D eigenvalue weighted by Crippen LogP contribution is -2.36. The minimum absolute atomic E-state index is 0.0265. The van der Waals surface area contributed by atoms with Gasteiger partial charge in [0.15, 0.2) is 11.5 Å². The minimum Gasteiger partial charge on any atom is -0.493 e. The standard InChI is InChI=1S/C22H28N2O6S/c1-6-15(2)24(17(4)26)14-18-7-12-21(29-5)22(13-18)30-31(27,28)20-10-8-19(9-11-20)23-16(3)25/h7-13,15H,6,14H2,1-5H3,(H,23,25)/t15-/m0/s1. The molecule has 0 aliphatic heterocycles. The van der Waals surface area contributed by atoms with E-state index >= 15 is 0 Å². The summed E-state index contributed by atoms with van der Waals surface area (Å²) in [5, 5.41) is 2.57. The van der Waals surface area contributed by atoms with Gasteiger partial charge in [0.05, 0.1) is 7.11 Å². The molecular weight excluding hydrogens is 420 g/mol. The van der Waals surface area contributed by atoms with Crippen LogP contribution < -0.4 is 14.2 Å². The maximum Gasteiger partial charge on any atom is 0.339 e. The van der Waals surface area contributed by atoms with Crippen molar-refractivity contribution in [1.82, 2.24) is 4.90 Å². The molecule has 1 atom stereocenters. The van der Waals surface area contributed by atoms with E-state index in [4.69, 9.17) is 8.92 Å². The highest BCUT2D eigenvalue weighted by atomic mass is 32.2. The molecule has 0 radical (unpaired) electrons. The van der Waals surface area contributed by atoms with Crippen molar-refractivity contribution in [1.29, 1.82) is 0 Å². The predicted octanol–water partition coefficient (Wildman–Crippen LogP) is 3.57. The molecule has 0 bridgehead atoms. The van der Waals surface area contributed by atoms with E-state index in [9.17, 15) is 18.0 Å². The number of nitrogens with one attached hydrogen (secondary N) is 1. The normalized spacial score (nSPS) is 12.0. The summed E-state index contributed by atoms with van der Waals surface area (Å²) in [6.07, 6.45) is 0.794. The molecule has 8 nitrogen and oxygen atoms in total. The molecule has 0 saturated carbocycles. The zero-order valence-corrected chi connectivity index (χ0v) is 19.2. The van der Waals surface area contributed by atoms with Crippen LogP contribution in [0.5, 0.6) is 11.5 Å². The van der Waals surface area contributed by atoms with Crippen LogP contribution in [-0.4, -0.2) is 38.3 Å². The van der Waals surface area contributed by atoms with Crippen molar-refractivity contribution >= 4 is 27.6 Å². The number of benzene rings is 2. The van der Waals surface area contributed by atoms with E-state index in [0.29, 0.717) is 17.8 Å². The number of carbonyl (C=O) groups is 2. The molecule has 0 unspecified atom stereocenters. The Morgan fingerprint density at radius 2 is 1.71 bits per heavy atom. The highest BCUT2D eigenvalue weighted by molar-refractivity contribution is 7.87. The number of ether oxygens (including phenoxy) is 1. The Bertz CT molecular complexity index is 1030. The summed E-state index contributed by atoms with van der Waals surface area (Å²) in [6, 6.07) is 10.6.